The molecule has 86 valence electrons. The first-order valence-corrected chi connectivity index (χ1v) is 5.10. The molecule has 1 rings (SSSR count). The molecular weight excluding hydrogens is 196 g/mol. The van der Waals surface area contributed by atoms with Crippen LogP contribution in [0.5, 0.6) is 0 Å². The average molecular weight is 214 g/mol. The number of hydrogen-bond donors (Lipinski definition) is 3. The van der Waals surface area contributed by atoms with Gasteiger partial charge in [-0.25, -0.2) is 5.84 Å². The van der Waals surface area contributed by atoms with Gasteiger partial charge in [0.25, 0.3) is 0 Å². The summed E-state index contributed by atoms with van der Waals surface area (Å²) in [5.41, 5.74) is 2.10. The maximum atomic E-state index is 10.9. The molecule has 0 radical (unpaired) electrons. The molecule has 15 heavy (non-hydrogen) atoms. The summed E-state index contributed by atoms with van der Waals surface area (Å²) >= 11 is 0. The molecule has 1 unspecified atom stereocenters. The number of rotatable bonds is 4. The molecule has 1 heterocycles. The number of amides is 2. The van der Waals surface area contributed by atoms with Crippen molar-refractivity contribution in [3.05, 3.63) is 0 Å². The second kappa shape index (κ2) is 5.67. The summed E-state index contributed by atoms with van der Waals surface area (Å²) in [6.07, 6.45) is 1.35. The highest BCUT2D eigenvalue weighted by Crippen LogP contribution is 2.09. The first-order chi connectivity index (χ1) is 7.11. The standard InChI is InChI=1S/C9H18N4O2/c1-7(14)11-8-2-4-13(6-8)5-3-9(15)12-10/h8H,2-6,10H2,1H3,(H,11,14)(H,12,15). The lowest BCUT2D eigenvalue weighted by atomic mass is 10.2. The fourth-order valence-electron chi connectivity index (χ4n) is 1.77. The molecule has 0 saturated carbocycles. The second-order valence-corrected chi connectivity index (χ2v) is 3.80. The summed E-state index contributed by atoms with van der Waals surface area (Å²) in [7, 11) is 0. The Morgan fingerprint density at radius 2 is 2.27 bits per heavy atom. The van der Waals surface area contributed by atoms with Gasteiger partial charge < -0.3 is 10.2 Å². The minimum absolute atomic E-state index is 0.00144. The molecule has 0 aromatic carbocycles. The third-order valence-electron chi connectivity index (χ3n) is 2.50. The van der Waals surface area contributed by atoms with Crippen LogP contribution >= 0.6 is 0 Å². The third-order valence-corrected chi connectivity index (χ3v) is 2.50. The third kappa shape index (κ3) is 4.26. The van der Waals surface area contributed by atoms with Crippen LogP contribution in [0.25, 0.3) is 0 Å². The van der Waals surface area contributed by atoms with E-state index in [0.29, 0.717) is 13.0 Å². The first-order valence-electron chi connectivity index (χ1n) is 5.10. The molecule has 0 aliphatic carbocycles. The second-order valence-electron chi connectivity index (χ2n) is 3.80. The molecule has 0 aromatic heterocycles. The normalized spacial score (nSPS) is 21.3. The molecule has 0 spiro atoms. The van der Waals surface area contributed by atoms with Crippen LogP contribution in [-0.4, -0.2) is 42.4 Å². The minimum atomic E-state index is -0.155. The lowest BCUT2D eigenvalue weighted by molar-refractivity contribution is -0.122. The molecule has 0 aromatic rings. The number of nitrogens with two attached hydrogens (primary N) is 1. The van der Waals surface area contributed by atoms with Gasteiger partial charge in [0, 0.05) is 39.0 Å². The molecule has 1 atom stereocenters. The number of nitrogens with zero attached hydrogens (tertiary/aromatic N) is 1. The van der Waals surface area contributed by atoms with Gasteiger partial charge in [-0.15, -0.1) is 0 Å². The van der Waals surface area contributed by atoms with Gasteiger partial charge in [-0.1, -0.05) is 0 Å². The molecular formula is C9H18N4O2. The molecule has 1 fully saturated rings. The first kappa shape index (κ1) is 11.9. The Kier molecular flexibility index (Phi) is 4.51. The van der Waals surface area contributed by atoms with Gasteiger partial charge in [0.1, 0.15) is 0 Å². The fraction of sp³-hybridized carbons (Fsp3) is 0.778. The van der Waals surface area contributed by atoms with Crippen LogP contribution in [0.2, 0.25) is 0 Å². The van der Waals surface area contributed by atoms with E-state index in [1.807, 2.05) is 0 Å². The van der Waals surface area contributed by atoms with Crippen molar-refractivity contribution in [2.24, 2.45) is 5.84 Å². The van der Waals surface area contributed by atoms with Crippen LogP contribution in [0, 0.1) is 0 Å². The Morgan fingerprint density at radius 1 is 1.53 bits per heavy atom. The van der Waals surface area contributed by atoms with Crippen molar-refractivity contribution >= 4 is 11.8 Å². The summed E-state index contributed by atoms with van der Waals surface area (Å²) in [5, 5.41) is 2.87. The van der Waals surface area contributed by atoms with Gasteiger partial charge in [-0.3, -0.25) is 15.0 Å². The number of carbonyl (C=O) groups is 2. The largest absolute Gasteiger partial charge is 0.352 e. The van der Waals surface area contributed by atoms with Crippen molar-refractivity contribution in [2.45, 2.75) is 25.8 Å². The zero-order valence-corrected chi connectivity index (χ0v) is 8.95. The molecule has 1 saturated heterocycles. The quantitative estimate of drug-likeness (QED) is 0.304. The van der Waals surface area contributed by atoms with Crippen molar-refractivity contribution in [1.82, 2.24) is 15.6 Å². The summed E-state index contributed by atoms with van der Waals surface area (Å²) in [5.74, 6) is 4.82. The Hall–Kier alpha value is -1.14. The van der Waals surface area contributed by atoms with E-state index in [2.05, 4.69) is 15.6 Å². The van der Waals surface area contributed by atoms with Crippen molar-refractivity contribution in [3.8, 4) is 0 Å². The molecule has 0 bridgehead atoms. The van der Waals surface area contributed by atoms with Crippen LogP contribution in [-0.2, 0) is 9.59 Å². The van der Waals surface area contributed by atoms with Gasteiger partial charge in [0.2, 0.25) is 11.8 Å². The molecule has 1 aliphatic rings. The number of nitrogens with one attached hydrogen (secondary N) is 2. The summed E-state index contributed by atoms with van der Waals surface area (Å²) in [6.45, 7) is 3.95. The molecule has 1 aliphatic heterocycles. The van der Waals surface area contributed by atoms with Gasteiger partial charge >= 0.3 is 0 Å². The van der Waals surface area contributed by atoms with Crippen molar-refractivity contribution in [3.63, 3.8) is 0 Å². The van der Waals surface area contributed by atoms with E-state index >= 15 is 0 Å². The van der Waals surface area contributed by atoms with E-state index in [9.17, 15) is 9.59 Å². The maximum Gasteiger partial charge on any atom is 0.235 e. The Bertz CT molecular complexity index is 244. The van der Waals surface area contributed by atoms with Gasteiger partial charge in [0.15, 0.2) is 0 Å². The van der Waals surface area contributed by atoms with E-state index in [1.54, 1.807) is 0 Å². The van der Waals surface area contributed by atoms with Crippen molar-refractivity contribution < 1.29 is 9.59 Å². The Morgan fingerprint density at radius 3 is 2.87 bits per heavy atom. The molecule has 6 heteroatoms. The Balaban J connectivity index is 2.19. The van der Waals surface area contributed by atoms with Crippen LogP contribution < -0.4 is 16.6 Å². The van der Waals surface area contributed by atoms with E-state index in [1.165, 1.54) is 6.92 Å². The van der Waals surface area contributed by atoms with Crippen molar-refractivity contribution in [2.75, 3.05) is 19.6 Å². The summed E-state index contributed by atoms with van der Waals surface area (Å²) in [6, 6.07) is 0.225. The number of hydrazine groups is 1. The Labute approximate surface area is 89.1 Å². The van der Waals surface area contributed by atoms with E-state index in [0.717, 1.165) is 19.5 Å². The van der Waals surface area contributed by atoms with E-state index in [4.69, 9.17) is 5.84 Å². The lowest BCUT2D eigenvalue weighted by Crippen LogP contribution is -2.37. The van der Waals surface area contributed by atoms with Crippen molar-refractivity contribution in [1.29, 1.82) is 0 Å². The zero-order chi connectivity index (χ0) is 11.3. The summed E-state index contributed by atoms with van der Waals surface area (Å²) in [4.78, 5) is 23.9. The predicted molar refractivity (Wildman–Crippen MR) is 55.6 cm³/mol. The minimum Gasteiger partial charge on any atom is -0.352 e. The topological polar surface area (TPSA) is 87.5 Å². The van der Waals surface area contributed by atoms with Crippen LogP contribution in [0.3, 0.4) is 0 Å². The van der Waals surface area contributed by atoms with Crippen LogP contribution in [0.4, 0.5) is 0 Å². The highest BCUT2D eigenvalue weighted by Gasteiger charge is 2.22. The van der Waals surface area contributed by atoms with E-state index in [-0.39, 0.29) is 17.9 Å². The highest BCUT2D eigenvalue weighted by atomic mass is 16.2. The van der Waals surface area contributed by atoms with E-state index < -0.39 is 0 Å². The number of likely N-dealkylation sites (tertiary alicyclic amines) is 1. The summed E-state index contributed by atoms with van der Waals surface area (Å²) < 4.78 is 0. The van der Waals surface area contributed by atoms with Gasteiger partial charge in [-0.2, -0.15) is 0 Å². The average Bonchev–Trinajstić information content (AvgIpc) is 2.61. The van der Waals surface area contributed by atoms with Crippen LogP contribution in [0.15, 0.2) is 0 Å². The smallest absolute Gasteiger partial charge is 0.235 e. The molecule has 4 N–H and O–H groups in total. The molecule has 2 amide bonds. The maximum absolute atomic E-state index is 10.9. The monoisotopic (exact) mass is 214 g/mol. The predicted octanol–water partition coefficient (Wildman–Crippen LogP) is -1.42. The molecule has 6 nitrogen and oxygen atoms in total. The zero-order valence-electron chi connectivity index (χ0n) is 8.95. The fourth-order valence-corrected chi connectivity index (χ4v) is 1.77. The van der Waals surface area contributed by atoms with Gasteiger partial charge in [0.05, 0.1) is 0 Å². The van der Waals surface area contributed by atoms with Gasteiger partial charge in [-0.05, 0) is 6.42 Å². The van der Waals surface area contributed by atoms with Crippen LogP contribution in [0.1, 0.15) is 19.8 Å². The lowest BCUT2D eigenvalue weighted by Gasteiger charge is -2.15. The number of hydrogen-bond acceptors (Lipinski definition) is 4. The highest BCUT2D eigenvalue weighted by molar-refractivity contribution is 5.75. The SMILES string of the molecule is CC(=O)NC1CCN(CCC(=O)NN)C1. The number of carbonyl (C=O) groups excluding carboxylic acids is 2.